The fourth-order valence-electron chi connectivity index (χ4n) is 1.42. The molecule has 1 aromatic rings. The van der Waals surface area contributed by atoms with E-state index in [1.807, 2.05) is 13.8 Å². The van der Waals surface area contributed by atoms with E-state index in [2.05, 4.69) is 5.32 Å². The molecule has 0 spiro atoms. The predicted molar refractivity (Wildman–Crippen MR) is 61.8 cm³/mol. The van der Waals surface area contributed by atoms with Gasteiger partial charge in [0.15, 0.2) is 6.04 Å². The van der Waals surface area contributed by atoms with Crippen molar-refractivity contribution in [3.63, 3.8) is 0 Å². The third-order valence-electron chi connectivity index (χ3n) is 2.04. The van der Waals surface area contributed by atoms with E-state index in [-0.39, 0.29) is 6.10 Å². The molecule has 0 aliphatic rings. The number of carboxylic acids is 1. The van der Waals surface area contributed by atoms with E-state index in [9.17, 15) is 9.59 Å². The van der Waals surface area contributed by atoms with Crippen molar-refractivity contribution < 1.29 is 19.4 Å². The minimum Gasteiger partial charge on any atom is -0.491 e. The van der Waals surface area contributed by atoms with Crippen molar-refractivity contribution >= 4 is 12.4 Å². The van der Waals surface area contributed by atoms with Gasteiger partial charge in [0.2, 0.25) is 6.41 Å². The van der Waals surface area contributed by atoms with Crippen LogP contribution in [0.25, 0.3) is 0 Å². The lowest BCUT2D eigenvalue weighted by Crippen LogP contribution is -2.27. The number of hydrogen-bond acceptors (Lipinski definition) is 3. The highest BCUT2D eigenvalue weighted by molar-refractivity contribution is 5.78. The van der Waals surface area contributed by atoms with Crippen LogP contribution in [0.15, 0.2) is 24.3 Å². The maximum absolute atomic E-state index is 11.0. The summed E-state index contributed by atoms with van der Waals surface area (Å²) in [5.74, 6) is -0.532. The quantitative estimate of drug-likeness (QED) is 0.732. The summed E-state index contributed by atoms with van der Waals surface area (Å²) in [6.07, 6.45) is 0.377. The molecule has 0 radical (unpaired) electrons. The highest BCUT2D eigenvalue weighted by Crippen LogP contribution is 2.20. The Bertz CT molecular complexity index is 403. The number of hydrogen-bond donors (Lipinski definition) is 2. The van der Waals surface area contributed by atoms with Crippen LogP contribution in [0.3, 0.4) is 0 Å². The summed E-state index contributed by atoms with van der Waals surface area (Å²) in [5, 5.41) is 11.2. The minimum atomic E-state index is -1.11. The van der Waals surface area contributed by atoms with Crippen molar-refractivity contribution in [2.24, 2.45) is 0 Å². The van der Waals surface area contributed by atoms with Crippen molar-refractivity contribution in [2.45, 2.75) is 26.0 Å². The Morgan fingerprint density at radius 3 is 2.71 bits per heavy atom. The molecule has 0 bridgehead atoms. The molecule has 1 rings (SSSR count). The van der Waals surface area contributed by atoms with Gasteiger partial charge >= 0.3 is 5.97 Å². The van der Waals surface area contributed by atoms with E-state index in [1.165, 1.54) is 0 Å². The number of carbonyl (C=O) groups is 2. The van der Waals surface area contributed by atoms with Crippen molar-refractivity contribution in [3.8, 4) is 5.75 Å². The maximum atomic E-state index is 11.0. The average molecular weight is 237 g/mol. The van der Waals surface area contributed by atoms with Crippen LogP contribution in [0.1, 0.15) is 25.5 Å². The van der Waals surface area contributed by atoms with Crippen molar-refractivity contribution in [3.05, 3.63) is 29.8 Å². The monoisotopic (exact) mass is 237 g/mol. The summed E-state index contributed by atoms with van der Waals surface area (Å²) < 4.78 is 5.45. The van der Waals surface area contributed by atoms with Gasteiger partial charge < -0.3 is 15.2 Å². The zero-order chi connectivity index (χ0) is 12.8. The third-order valence-corrected chi connectivity index (χ3v) is 2.04. The van der Waals surface area contributed by atoms with Crippen LogP contribution in [0.4, 0.5) is 0 Å². The number of benzene rings is 1. The molecule has 1 aromatic carbocycles. The van der Waals surface area contributed by atoms with Gasteiger partial charge in [0.25, 0.3) is 0 Å². The molecule has 17 heavy (non-hydrogen) atoms. The SMILES string of the molecule is CC(C)Oc1cccc(C(NC=O)C(=O)O)c1. The topological polar surface area (TPSA) is 75.6 Å². The molecule has 0 saturated heterocycles. The lowest BCUT2D eigenvalue weighted by atomic mass is 10.1. The summed E-state index contributed by atoms with van der Waals surface area (Å²) in [6, 6.07) is 5.61. The van der Waals surface area contributed by atoms with E-state index in [0.29, 0.717) is 17.7 Å². The summed E-state index contributed by atoms with van der Waals surface area (Å²) in [4.78, 5) is 21.3. The van der Waals surface area contributed by atoms with Crippen LogP contribution in [0.2, 0.25) is 0 Å². The van der Waals surface area contributed by atoms with Crippen molar-refractivity contribution in [2.75, 3.05) is 0 Å². The molecule has 2 N–H and O–H groups in total. The number of aliphatic carboxylic acids is 1. The van der Waals surface area contributed by atoms with Crippen LogP contribution in [0.5, 0.6) is 5.75 Å². The molecule has 0 heterocycles. The van der Waals surface area contributed by atoms with E-state index >= 15 is 0 Å². The lowest BCUT2D eigenvalue weighted by Gasteiger charge is -2.14. The molecule has 92 valence electrons. The Morgan fingerprint density at radius 2 is 2.18 bits per heavy atom. The lowest BCUT2D eigenvalue weighted by molar-refractivity contribution is -0.140. The minimum absolute atomic E-state index is 0.00700. The number of ether oxygens (including phenoxy) is 1. The van der Waals surface area contributed by atoms with Gasteiger partial charge in [0, 0.05) is 0 Å². The first-order valence-corrected chi connectivity index (χ1v) is 5.23. The van der Waals surface area contributed by atoms with Crippen molar-refractivity contribution in [1.29, 1.82) is 0 Å². The standard InChI is InChI=1S/C12H15NO4/c1-8(2)17-10-5-3-4-9(6-10)11(12(15)16)13-7-14/h3-8,11H,1-2H3,(H,13,14)(H,15,16). The molecule has 0 saturated carbocycles. The van der Waals surface area contributed by atoms with E-state index in [1.54, 1.807) is 24.3 Å². The molecular weight excluding hydrogens is 222 g/mol. The third kappa shape index (κ3) is 3.79. The molecule has 5 nitrogen and oxygen atoms in total. The summed E-state index contributed by atoms with van der Waals surface area (Å²) in [6.45, 7) is 3.76. The number of nitrogens with one attached hydrogen (secondary N) is 1. The van der Waals surface area contributed by atoms with Crippen LogP contribution in [0, 0.1) is 0 Å². The van der Waals surface area contributed by atoms with Gasteiger partial charge in [0.05, 0.1) is 6.10 Å². The largest absolute Gasteiger partial charge is 0.491 e. The summed E-state index contributed by atoms with van der Waals surface area (Å²) >= 11 is 0. The molecule has 1 amide bonds. The molecule has 0 fully saturated rings. The zero-order valence-electron chi connectivity index (χ0n) is 9.71. The molecule has 1 atom stereocenters. The first-order valence-electron chi connectivity index (χ1n) is 5.23. The number of rotatable bonds is 6. The second kappa shape index (κ2) is 5.89. The Labute approximate surface area is 99.4 Å². The average Bonchev–Trinajstić information content (AvgIpc) is 2.24. The maximum Gasteiger partial charge on any atom is 0.330 e. The molecule has 5 heteroatoms. The Hall–Kier alpha value is -2.04. The van der Waals surface area contributed by atoms with E-state index in [4.69, 9.17) is 9.84 Å². The van der Waals surface area contributed by atoms with Gasteiger partial charge in [-0.1, -0.05) is 12.1 Å². The fourth-order valence-corrected chi connectivity index (χ4v) is 1.42. The highest BCUT2D eigenvalue weighted by Gasteiger charge is 2.19. The highest BCUT2D eigenvalue weighted by atomic mass is 16.5. The predicted octanol–water partition coefficient (Wildman–Crippen LogP) is 1.35. The number of carboxylic acid groups (broad SMARTS) is 1. The Kier molecular flexibility index (Phi) is 4.51. The molecular formula is C12H15NO4. The van der Waals surface area contributed by atoms with Crippen molar-refractivity contribution in [1.82, 2.24) is 5.32 Å². The van der Waals surface area contributed by atoms with Gasteiger partial charge in [-0.15, -0.1) is 0 Å². The van der Waals surface area contributed by atoms with Crippen LogP contribution in [-0.2, 0) is 9.59 Å². The Morgan fingerprint density at radius 1 is 1.47 bits per heavy atom. The Balaban J connectivity index is 2.95. The van der Waals surface area contributed by atoms with Crippen LogP contribution < -0.4 is 10.1 Å². The molecule has 0 aliphatic heterocycles. The first-order chi connectivity index (χ1) is 8.04. The molecule has 0 aromatic heterocycles. The zero-order valence-corrected chi connectivity index (χ0v) is 9.71. The van der Waals surface area contributed by atoms with Gasteiger partial charge in [-0.05, 0) is 31.5 Å². The second-order valence-corrected chi connectivity index (χ2v) is 3.79. The summed E-state index contributed by atoms with van der Waals surface area (Å²) in [7, 11) is 0. The normalized spacial score (nSPS) is 11.9. The smallest absolute Gasteiger partial charge is 0.330 e. The molecule has 1 unspecified atom stereocenters. The fraction of sp³-hybridized carbons (Fsp3) is 0.333. The second-order valence-electron chi connectivity index (χ2n) is 3.79. The van der Waals surface area contributed by atoms with Gasteiger partial charge in [0.1, 0.15) is 5.75 Å². The summed E-state index contributed by atoms with van der Waals surface area (Å²) in [5.41, 5.74) is 0.475. The van der Waals surface area contributed by atoms with E-state index < -0.39 is 12.0 Å². The number of amides is 1. The van der Waals surface area contributed by atoms with Gasteiger partial charge in [-0.3, -0.25) is 4.79 Å². The van der Waals surface area contributed by atoms with Gasteiger partial charge in [-0.25, -0.2) is 4.79 Å². The first kappa shape index (κ1) is 13.0. The van der Waals surface area contributed by atoms with Crippen LogP contribution >= 0.6 is 0 Å². The van der Waals surface area contributed by atoms with Gasteiger partial charge in [-0.2, -0.15) is 0 Å². The van der Waals surface area contributed by atoms with Crippen LogP contribution in [-0.4, -0.2) is 23.6 Å². The number of carbonyl (C=O) groups excluding carboxylic acids is 1. The van der Waals surface area contributed by atoms with E-state index in [0.717, 1.165) is 0 Å². The molecule has 0 aliphatic carbocycles.